The van der Waals surface area contributed by atoms with Gasteiger partial charge in [-0.2, -0.15) is 0 Å². The fraction of sp³-hybridized carbons (Fsp3) is 0.357. The lowest BCUT2D eigenvalue weighted by molar-refractivity contribution is -0.123. The van der Waals surface area contributed by atoms with E-state index in [1.165, 1.54) is 7.05 Å². The van der Waals surface area contributed by atoms with Crippen molar-refractivity contribution in [3.8, 4) is 0 Å². The molecule has 4 N–H and O–H groups in total. The molecule has 0 aliphatic heterocycles. The van der Waals surface area contributed by atoms with Crippen molar-refractivity contribution in [1.82, 2.24) is 21.3 Å². The molecule has 7 nitrogen and oxygen atoms in total. The van der Waals surface area contributed by atoms with Crippen LogP contribution in [0.2, 0.25) is 0 Å². The summed E-state index contributed by atoms with van der Waals surface area (Å²) in [6, 6.07) is 7.53. The average Bonchev–Trinajstić information content (AvgIpc) is 2.48. The third-order valence-corrected chi connectivity index (χ3v) is 2.71. The maximum absolute atomic E-state index is 12.2. The van der Waals surface area contributed by atoms with Crippen molar-refractivity contribution in [1.29, 1.82) is 0 Å². The summed E-state index contributed by atoms with van der Waals surface area (Å²) in [5, 5.41) is 10.0. The summed E-state index contributed by atoms with van der Waals surface area (Å²) in [5.41, 5.74) is 0.670. The first kappa shape index (κ1) is 16.6. The molecule has 1 aromatic carbocycles. The van der Waals surface area contributed by atoms with Crippen LogP contribution in [0.5, 0.6) is 0 Å². The molecule has 21 heavy (non-hydrogen) atoms. The summed E-state index contributed by atoms with van der Waals surface area (Å²) in [6.07, 6.45) is 0. The lowest BCUT2D eigenvalue weighted by Crippen LogP contribution is -2.46. The number of carbonyl (C=O) groups excluding carboxylic acids is 3. The van der Waals surface area contributed by atoms with Crippen LogP contribution in [-0.4, -0.2) is 38.0 Å². The van der Waals surface area contributed by atoms with Crippen molar-refractivity contribution in [3.63, 3.8) is 0 Å². The molecular formula is C14H20N4O3. The fourth-order valence-electron chi connectivity index (χ4n) is 1.68. The molecule has 0 aliphatic rings. The number of benzene rings is 1. The van der Waals surface area contributed by atoms with Gasteiger partial charge in [0.05, 0.1) is 6.54 Å². The van der Waals surface area contributed by atoms with Crippen molar-refractivity contribution in [3.05, 3.63) is 35.9 Å². The number of hydrogen-bond donors (Lipinski definition) is 4. The van der Waals surface area contributed by atoms with E-state index in [1.807, 2.05) is 6.07 Å². The van der Waals surface area contributed by atoms with Gasteiger partial charge in [-0.1, -0.05) is 30.3 Å². The van der Waals surface area contributed by atoms with Crippen LogP contribution in [0.15, 0.2) is 30.3 Å². The first-order valence-electron chi connectivity index (χ1n) is 6.66. The normalized spacial score (nSPS) is 11.3. The topological polar surface area (TPSA) is 99.3 Å². The molecule has 0 bridgehead atoms. The lowest BCUT2D eigenvalue weighted by Gasteiger charge is -2.18. The second-order valence-corrected chi connectivity index (χ2v) is 4.25. The summed E-state index contributed by atoms with van der Waals surface area (Å²) in [4.78, 5) is 34.9. The maximum Gasteiger partial charge on any atom is 0.321 e. The minimum atomic E-state index is -0.786. The van der Waals surface area contributed by atoms with E-state index in [2.05, 4.69) is 21.3 Å². The minimum Gasteiger partial charge on any atom is -0.358 e. The lowest BCUT2D eigenvalue weighted by atomic mass is 10.1. The van der Waals surface area contributed by atoms with Gasteiger partial charge in [-0.15, -0.1) is 0 Å². The predicted octanol–water partition coefficient (Wildman–Crippen LogP) is -0.0910. The van der Waals surface area contributed by atoms with Crippen molar-refractivity contribution in [2.45, 2.75) is 13.0 Å². The predicted molar refractivity (Wildman–Crippen MR) is 78.5 cm³/mol. The van der Waals surface area contributed by atoms with Gasteiger partial charge in [0, 0.05) is 13.6 Å². The van der Waals surface area contributed by atoms with Crippen LogP contribution < -0.4 is 21.3 Å². The Morgan fingerprint density at radius 3 is 2.38 bits per heavy atom. The number of urea groups is 1. The monoisotopic (exact) mass is 292 g/mol. The number of carbonyl (C=O) groups is 3. The fourth-order valence-corrected chi connectivity index (χ4v) is 1.68. The molecule has 4 amide bonds. The van der Waals surface area contributed by atoms with E-state index in [-0.39, 0.29) is 12.5 Å². The van der Waals surface area contributed by atoms with E-state index in [9.17, 15) is 14.4 Å². The van der Waals surface area contributed by atoms with Crippen molar-refractivity contribution >= 4 is 17.8 Å². The smallest absolute Gasteiger partial charge is 0.321 e. The number of imide groups is 1. The quantitative estimate of drug-likeness (QED) is 0.589. The summed E-state index contributed by atoms with van der Waals surface area (Å²) < 4.78 is 0. The molecule has 1 aromatic rings. The van der Waals surface area contributed by atoms with E-state index in [1.54, 1.807) is 31.2 Å². The zero-order valence-corrected chi connectivity index (χ0v) is 12.1. The molecule has 1 atom stereocenters. The van der Waals surface area contributed by atoms with Gasteiger partial charge in [0.15, 0.2) is 0 Å². The number of rotatable bonds is 6. The van der Waals surface area contributed by atoms with E-state index < -0.39 is 18.0 Å². The molecule has 0 saturated carbocycles. The highest BCUT2D eigenvalue weighted by Gasteiger charge is 2.22. The van der Waals surface area contributed by atoms with Gasteiger partial charge in [-0.05, 0) is 12.5 Å². The van der Waals surface area contributed by atoms with Crippen LogP contribution in [0.25, 0.3) is 0 Å². The van der Waals surface area contributed by atoms with Crippen LogP contribution in [0, 0.1) is 0 Å². The molecule has 0 saturated heterocycles. The second-order valence-electron chi connectivity index (χ2n) is 4.25. The number of amides is 4. The number of likely N-dealkylation sites (N-methyl/N-ethyl adjacent to an activating group) is 1. The summed E-state index contributed by atoms with van der Waals surface area (Å²) >= 11 is 0. The molecule has 0 fully saturated rings. The van der Waals surface area contributed by atoms with E-state index in [0.717, 1.165) is 0 Å². The molecule has 0 heterocycles. The standard InChI is InChI=1S/C14H20N4O3/c1-3-16-14(21)18-13(20)12(17-9-11(19)15-2)10-7-5-4-6-8-10/h4-8,12,17H,3,9H2,1-2H3,(H,15,19)(H2,16,18,20,21)/t12-/m1/s1. The van der Waals surface area contributed by atoms with Gasteiger partial charge in [-0.25, -0.2) is 4.79 Å². The second kappa shape index (κ2) is 8.70. The van der Waals surface area contributed by atoms with E-state index >= 15 is 0 Å². The van der Waals surface area contributed by atoms with Crippen LogP contribution in [0.4, 0.5) is 4.79 Å². The van der Waals surface area contributed by atoms with Crippen LogP contribution in [-0.2, 0) is 9.59 Å². The van der Waals surface area contributed by atoms with Crippen molar-refractivity contribution < 1.29 is 14.4 Å². The highest BCUT2D eigenvalue weighted by molar-refractivity contribution is 5.97. The Hall–Kier alpha value is -2.41. The Bertz CT molecular complexity index is 490. The zero-order chi connectivity index (χ0) is 15.7. The molecule has 0 radical (unpaired) electrons. The maximum atomic E-state index is 12.2. The largest absolute Gasteiger partial charge is 0.358 e. The summed E-state index contributed by atoms with van der Waals surface area (Å²) in [6.45, 7) is 2.14. The first-order valence-corrected chi connectivity index (χ1v) is 6.66. The van der Waals surface area contributed by atoms with Gasteiger partial charge in [0.25, 0.3) is 0 Å². The van der Waals surface area contributed by atoms with Crippen molar-refractivity contribution in [2.75, 3.05) is 20.1 Å². The Kier molecular flexibility index (Phi) is 6.90. The third-order valence-electron chi connectivity index (χ3n) is 2.71. The van der Waals surface area contributed by atoms with Crippen LogP contribution in [0.3, 0.4) is 0 Å². The zero-order valence-electron chi connectivity index (χ0n) is 12.1. The minimum absolute atomic E-state index is 0.0289. The SMILES string of the molecule is CCNC(=O)NC(=O)[C@H](NCC(=O)NC)c1ccccc1. The Morgan fingerprint density at radius 2 is 1.81 bits per heavy atom. The Balaban J connectivity index is 2.78. The van der Waals surface area contributed by atoms with Gasteiger partial charge in [-0.3, -0.25) is 20.2 Å². The Morgan fingerprint density at radius 1 is 1.14 bits per heavy atom. The average molecular weight is 292 g/mol. The van der Waals surface area contributed by atoms with Crippen LogP contribution in [0.1, 0.15) is 18.5 Å². The molecule has 114 valence electrons. The Labute approximate surface area is 123 Å². The van der Waals surface area contributed by atoms with E-state index in [0.29, 0.717) is 12.1 Å². The highest BCUT2D eigenvalue weighted by Crippen LogP contribution is 2.12. The molecule has 0 aromatic heterocycles. The molecule has 7 heteroatoms. The van der Waals surface area contributed by atoms with Crippen molar-refractivity contribution in [2.24, 2.45) is 0 Å². The summed E-state index contributed by atoms with van der Waals surface area (Å²) in [7, 11) is 1.51. The number of hydrogen-bond acceptors (Lipinski definition) is 4. The molecule has 0 spiro atoms. The highest BCUT2D eigenvalue weighted by atomic mass is 16.2. The molecule has 1 rings (SSSR count). The number of nitrogens with one attached hydrogen (secondary N) is 4. The molecular weight excluding hydrogens is 272 g/mol. The van der Waals surface area contributed by atoms with Crippen LogP contribution >= 0.6 is 0 Å². The third kappa shape index (κ3) is 5.62. The first-order chi connectivity index (χ1) is 10.1. The van der Waals surface area contributed by atoms with Gasteiger partial charge < -0.3 is 10.6 Å². The summed E-state index contributed by atoms with van der Waals surface area (Å²) in [5.74, 6) is -0.766. The molecule has 0 unspecified atom stereocenters. The van der Waals surface area contributed by atoms with Gasteiger partial charge >= 0.3 is 6.03 Å². The van der Waals surface area contributed by atoms with E-state index in [4.69, 9.17) is 0 Å². The van der Waals surface area contributed by atoms with Gasteiger partial charge in [0.2, 0.25) is 11.8 Å². The van der Waals surface area contributed by atoms with Gasteiger partial charge in [0.1, 0.15) is 6.04 Å². The molecule has 0 aliphatic carbocycles.